The summed E-state index contributed by atoms with van der Waals surface area (Å²) in [4.78, 5) is 24.0. The lowest BCUT2D eigenvalue weighted by atomic mass is 10.1. The van der Waals surface area contributed by atoms with Crippen molar-refractivity contribution in [1.29, 1.82) is 0 Å². The maximum atomic E-state index is 12.7. The fourth-order valence-electron chi connectivity index (χ4n) is 3.25. The van der Waals surface area contributed by atoms with E-state index in [1.54, 1.807) is 17.5 Å². The van der Waals surface area contributed by atoms with E-state index in [1.807, 2.05) is 36.6 Å². The van der Waals surface area contributed by atoms with Crippen molar-refractivity contribution in [3.05, 3.63) is 48.2 Å². The predicted molar refractivity (Wildman–Crippen MR) is 108 cm³/mol. The lowest BCUT2D eigenvalue weighted by Gasteiger charge is -2.33. The molecule has 1 aliphatic rings. The summed E-state index contributed by atoms with van der Waals surface area (Å²) in [5.74, 6) is -0.0430. The Morgan fingerprint density at radius 1 is 1.31 bits per heavy atom. The van der Waals surface area contributed by atoms with Crippen LogP contribution in [0.5, 0.6) is 0 Å². The topological polar surface area (TPSA) is 58.1 Å². The minimum absolute atomic E-state index is 0.0430. The molecule has 1 fully saturated rings. The highest BCUT2D eigenvalue weighted by atomic mass is 32.2. The number of thiazole rings is 1. The molecular formula is C19H20N4OS2. The number of carbonyl (C=O) groups is 1. The maximum absolute atomic E-state index is 12.7. The number of anilines is 1. The Morgan fingerprint density at radius 3 is 3.04 bits per heavy atom. The number of fused-ring (bicyclic) bond motifs is 1. The standard InChI is InChI=1S/C19H20N4OS2/c1-25-18-14(7-4-10-20-18)17(24)21-13-6-5-11-23(12-13)19-22-15-8-2-3-9-16(15)26-19/h2-4,7-10,13H,5-6,11-12H2,1H3,(H,21,24)/t13-/m1/s1. The highest BCUT2D eigenvalue weighted by Gasteiger charge is 2.24. The molecule has 1 N–H and O–H groups in total. The smallest absolute Gasteiger partial charge is 0.254 e. The Morgan fingerprint density at radius 2 is 2.19 bits per heavy atom. The fraction of sp³-hybridized carbons (Fsp3) is 0.316. The van der Waals surface area contributed by atoms with Crippen LogP contribution >= 0.6 is 23.1 Å². The van der Waals surface area contributed by atoms with E-state index < -0.39 is 0 Å². The van der Waals surface area contributed by atoms with Crippen molar-refractivity contribution in [2.24, 2.45) is 0 Å². The minimum Gasteiger partial charge on any atom is -0.347 e. The molecule has 3 heterocycles. The summed E-state index contributed by atoms with van der Waals surface area (Å²) in [6.45, 7) is 1.77. The number of pyridine rings is 1. The fourth-order valence-corrected chi connectivity index (χ4v) is 4.80. The van der Waals surface area contributed by atoms with Crippen molar-refractivity contribution in [2.45, 2.75) is 23.9 Å². The van der Waals surface area contributed by atoms with Gasteiger partial charge in [-0.05, 0) is 43.4 Å². The number of aromatic nitrogens is 2. The van der Waals surface area contributed by atoms with Crippen LogP contribution < -0.4 is 10.2 Å². The molecule has 7 heteroatoms. The van der Waals surface area contributed by atoms with Crippen LogP contribution in [0.1, 0.15) is 23.2 Å². The number of benzene rings is 1. The average Bonchev–Trinajstić information content (AvgIpc) is 3.12. The highest BCUT2D eigenvalue weighted by Crippen LogP contribution is 2.30. The van der Waals surface area contributed by atoms with Gasteiger partial charge in [0, 0.05) is 25.3 Å². The molecule has 26 heavy (non-hydrogen) atoms. The van der Waals surface area contributed by atoms with Crippen molar-refractivity contribution >= 4 is 44.4 Å². The molecule has 1 atom stereocenters. The van der Waals surface area contributed by atoms with Gasteiger partial charge < -0.3 is 10.2 Å². The molecular weight excluding hydrogens is 364 g/mol. The first-order valence-electron chi connectivity index (χ1n) is 8.65. The van der Waals surface area contributed by atoms with Crippen LogP contribution in [0.3, 0.4) is 0 Å². The van der Waals surface area contributed by atoms with Crippen LogP contribution in [0.4, 0.5) is 5.13 Å². The van der Waals surface area contributed by atoms with Crippen molar-refractivity contribution in [2.75, 3.05) is 24.2 Å². The predicted octanol–water partition coefficient (Wildman–Crippen LogP) is 3.81. The molecule has 0 bridgehead atoms. The van der Waals surface area contributed by atoms with E-state index in [-0.39, 0.29) is 11.9 Å². The van der Waals surface area contributed by atoms with Crippen molar-refractivity contribution in [3.63, 3.8) is 0 Å². The van der Waals surface area contributed by atoms with E-state index in [0.29, 0.717) is 5.56 Å². The van der Waals surface area contributed by atoms with Gasteiger partial charge in [-0.3, -0.25) is 4.79 Å². The Bertz CT molecular complexity index is 894. The first-order chi connectivity index (χ1) is 12.7. The van der Waals surface area contributed by atoms with E-state index in [0.717, 1.165) is 41.6 Å². The Kier molecular flexibility index (Phi) is 5.08. The molecule has 1 saturated heterocycles. The Hall–Kier alpha value is -2.12. The minimum atomic E-state index is -0.0430. The molecule has 0 saturated carbocycles. The van der Waals surface area contributed by atoms with Crippen molar-refractivity contribution in [3.8, 4) is 0 Å². The lowest BCUT2D eigenvalue weighted by Crippen LogP contribution is -2.48. The second-order valence-electron chi connectivity index (χ2n) is 6.28. The van der Waals surface area contributed by atoms with Crippen LogP contribution in [0.2, 0.25) is 0 Å². The zero-order valence-corrected chi connectivity index (χ0v) is 16.1. The number of nitrogens with one attached hydrogen (secondary N) is 1. The molecule has 5 nitrogen and oxygen atoms in total. The zero-order valence-electron chi connectivity index (χ0n) is 14.5. The number of carbonyl (C=O) groups excluding carboxylic acids is 1. The second kappa shape index (κ2) is 7.63. The molecule has 0 radical (unpaired) electrons. The quantitative estimate of drug-likeness (QED) is 0.693. The molecule has 134 valence electrons. The molecule has 1 aliphatic heterocycles. The summed E-state index contributed by atoms with van der Waals surface area (Å²) in [6.07, 6.45) is 5.69. The third-order valence-corrected chi connectivity index (χ3v) is 6.33. The number of piperidine rings is 1. The van der Waals surface area contributed by atoms with Crippen molar-refractivity contribution in [1.82, 2.24) is 15.3 Å². The van der Waals surface area contributed by atoms with Gasteiger partial charge in [-0.15, -0.1) is 11.8 Å². The van der Waals surface area contributed by atoms with Gasteiger partial charge >= 0.3 is 0 Å². The normalized spacial score (nSPS) is 17.4. The summed E-state index contributed by atoms with van der Waals surface area (Å²) in [5.41, 5.74) is 1.69. The average molecular weight is 385 g/mol. The summed E-state index contributed by atoms with van der Waals surface area (Å²) < 4.78 is 1.20. The van der Waals surface area contributed by atoms with Crippen molar-refractivity contribution < 1.29 is 4.79 Å². The van der Waals surface area contributed by atoms with Crippen LogP contribution in [0.25, 0.3) is 10.2 Å². The summed E-state index contributed by atoms with van der Waals surface area (Å²) >= 11 is 3.21. The third-order valence-electron chi connectivity index (χ3n) is 4.52. The van der Waals surface area contributed by atoms with E-state index >= 15 is 0 Å². The van der Waals surface area contributed by atoms with Gasteiger partial charge in [0.05, 0.1) is 15.8 Å². The third kappa shape index (κ3) is 3.54. The van der Waals surface area contributed by atoms with Gasteiger partial charge in [0.15, 0.2) is 5.13 Å². The largest absolute Gasteiger partial charge is 0.347 e. The molecule has 2 aromatic heterocycles. The molecule has 0 unspecified atom stereocenters. The number of thioether (sulfide) groups is 1. The molecule has 1 aromatic carbocycles. The number of rotatable bonds is 4. The lowest BCUT2D eigenvalue weighted by molar-refractivity contribution is 0.0929. The number of amides is 1. The van der Waals surface area contributed by atoms with Crippen LogP contribution in [-0.2, 0) is 0 Å². The van der Waals surface area contributed by atoms with E-state index in [9.17, 15) is 4.79 Å². The number of nitrogens with zero attached hydrogens (tertiary/aromatic N) is 3. The first-order valence-corrected chi connectivity index (χ1v) is 10.7. The van der Waals surface area contributed by atoms with Crippen LogP contribution in [0.15, 0.2) is 47.6 Å². The van der Waals surface area contributed by atoms with Gasteiger partial charge in [0.1, 0.15) is 5.03 Å². The number of para-hydroxylation sites is 1. The van der Waals surface area contributed by atoms with Gasteiger partial charge in [-0.1, -0.05) is 23.5 Å². The second-order valence-corrected chi connectivity index (χ2v) is 8.09. The van der Waals surface area contributed by atoms with E-state index in [4.69, 9.17) is 4.98 Å². The van der Waals surface area contributed by atoms with Crippen LogP contribution in [-0.4, -0.2) is 41.3 Å². The molecule has 1 amide bonds. The van der Waals surface area contributed by atoms with Crippen LogP contribution in [0, 0.1) is 0 Å². The summed E-state index contributed by atoms with van der Waals surface area (Å²) in [6, 6.07) is 12.0. The van der Waals surface area contributed by atoms with E-state index in [2.05, 4.69) is 21.3 Å². The highest BCUT2D eigenvalue weighted by molar-refractivity contribution is 7.98. The number of hydrogen-bond acceptors (Lipinski definition) is 6. The monoisotopic (exact) mass is 384 g/mol. The van der Waals surface area contributed by atoms with Gasteiger partial charge in [-0.25, -0.2) is 9.97 Å². The summed E-state index contributed by atoms with van der Waals surface area (Å²) in [5, 5.41) is 4.99. The molecule has 0 spiro atoms. The maximum Gasteiger partial charge on any atom is 0.254 e. The Balaban J connectivity index is 1.47. The van der Waals surface area contributed by atoms with E-state index in [1.165, 1.54) is 16.5 Å². The number of hydrogen-bond donors (Lipinski definition) is 1. The van der Waals surface area contributed by atoms with Gasteiger partial charge in [0.2, 0.25) is 0 Å². The zero-order chi connectivity index (χ0) is 17.9. The molecule has 4 rings (SSSR count). The van der Waals surface area contributed by atoms with Gasteiger partial charge in [-0.2, -0.15) is 0 Å². The van der Waals surface area contributed by atoms with Gasteiger partial charge in [0.25, 0.3) is 5.91 Å². The summed E-state index contributed by atoms with van der Waals surface area (Å²) in [7, 11) is 0. The molecule has 3 aromatic rings. The first kappa shape index (κ1) is 17.3. The SMILES string of the molecule is CSc1ncccc1C(=O)N[C@@H]1CCCN(c2nc3ccccc3s2)C1. The Labute approximate surface area is 160 Å². The molecule has 0 aliphatic carbocycles.